The van der Waals surface area contributed by atoms with Gasteiger partial charge >= 0.3 is 6.18 Å². The summed E-state index contributed by atoms with van der Waals surface area (Å²) in [5, 5.41) is 12.8. The Labute approximate surface area is 287 Å². The zero-order valence-electron chi connectivity index (χ0n) is 27.8. The number of carbonyl (C=O) groups excluding carboxylic acids is 2. The topological polar surface area (TPSA) is 82.1 Å². The fourth-order valence-corrected chi connectivity index (χ4v) is 5.91. The number of carbonyl (C=O) groups is 2. The van der Waals surface area contributed by atoms with Crippen molar-refractivity contribution >= 4 is 17.5 Å². The van der Waals surface area contributed by atoms with E-state index in [1.165, 1.54) is 18.2 Å². The van der Waals surface area contributed by atoms with Crippen LogP contribution in [0.5, 0.6) is 5.75 Å². The second-order valence-electron chi connectivity index (χ2n) is 12.7. The molecular weight excluding hydrogens is 657 g/mol. The summed E-state index contributed by atoms with van der Waals surface area (Å²) in [7, 11) is 1.91. The Morgan fingerprint density at radius 3 is 2.28 bits per heavy atom. The van der Waals surface area contributed by atoms with Crippen LogP contribution in [0.3, 0.4) is 0 Å². The number of fused-ring (bicyclic) bond motifs is 1. The summed E-state index contributed by atoms with van der Waals surface area (Å²) < 4.78 is 72.7. The zero-order chi connectivity index (χ0) is 36.2. The quantitative estimate of drug-likeness (QED) is 0.172. The number of rotatable bonds is 10. The molecule has 2 N–H and O–H groups in total. The van der Waals surface area contributed by atoms with Gasteiger partial charge in [-0.3, -0.25) is 14.5 Å². The van der Waals surface area contributed by atoms with Crippen LogP contribution in [0.1, 0.15) is 40.9 Å². The number of alkyl halides is 3. The summed E-state index contributed by atoms with van der Waals surface area (Å²) in [5.74, 6) is -2.77. The number of halogens is 5. The van der Waals surface area contributed by atoms with Crippen molar-refractivity contribution in [1.29, 1.82) is 0 Å². The molecule has 0 unspecified atom stereocenters. The van der Waals surface area contributed by atoms with Crippen molar-refractivity contribution in [2.24, 2.45) is 5.92 Å². The third-order valence-electron chi connectivity index (χ3n) is 8.76. The van der Waals surface area contributed by atoms with Crippen molar-refractivity contribution in [3.8, 4) is 16.9 Å². The van der Waals surface area contributed by atoms with Crippen molar-refractivity contribution in [2.75, 3.05) is 32.1 Å². The molecule has 0 aliphatic carbocycles. The smallest absolute Gasteiger partial charge is 0.416 e. The first-order valence-electron chi connectivity index (χ1n) is 16.1. The highest BCUT2D eigenvalue weighted by Crippen LogP contribution is 2.35. The largest absolute Gasteiger partial charge is 0.486 e. The first-order chi connectivity index (χ1) is 23.7. The fourth-order valence-electron chi connectivity index (χ4n) is 5.91. The third-order valence-corrected chi connectivity index (χ3v) is 8.76. The summed E-state index contributed by atoms with van der Waals surface area (Å²) in [6, 6.07) is 19.8. The molecule has 1 aliphatic rings. The van der Waals surface area contributed by atoms with Gasteiger partial charge in [0.1, 0.15) is 6.10 Å². The van der Waals surface area contributed by atoms with Crippen LogP contribution < -0.4 is 10.1 Å². The van der Waals surface area contributed by atoms with Crippen LogP contribution in [-0.2, 0) is 23.9 Å². The number of nitrogens with one attached hydrogen (secondary N) is 1. The lowest BCUT2D eigenvalue weighted by molar-refractivity contribution is -0.137. The Morgan fingerprint density at radius 1 is 0.980 bits per heavy atom. The van der Waals surface area contributed by atoms with Crippen LogP contribution in [0, 0.1) is 17.6 Å². The van der Waals surface area contributed by atoms with Gasteiger partial charge in [-0.25, -0.2) is 8.78 Å². The van der Waals surface area contributed by atoms with Crippen LogP contribution in [0.4, 0.5) is 27.6 Å². The van der Waals surface area contributed by atoms with E-state index in [0.717, 1.165) is 35.4 Å². The van der Waals surface area contributed by atoms with Crippen LogP contribution in [0.25, 0.3) is 11.1 Å². The SMILES string of the molecule is C[C@@H]1CN([C@@H](C)CO)C(=O)c2cccc(NC(=O)Cc3ccc(C(F)(F)F)cc3)c2O[C@@H]1CN(C)Cc1ccc(-c2ccc(F)c(F)c2)cc1. The number of aliphatic hydroxyl groups excluding tert-OH is 1. The predicted octanol–water partition coefficient (Wildman–Crippen LogP) is 7.18. The molecule has 4 aromatic carbocycles. The van der Waals surface area contributed by atoms with Gasteiger partial charge in [-0.2, -0.15) is 13.2 Å². The summed E-state index contributed by atoms with van der Waals surface area (Å²) in [4.78, 5) is 30.5. The van der Waals surface area contributed by atoms with Gasteiger partial charge in [-0.15, -0.1) is 0 Å². The number of ether oxygens (including phenoxy) is 1. The second-order valence-corrected chi connectivity index (χ2v) is 12.7. The van der Waals surface area contributed by atoms with Gasteiger partial charge in [0.2, 0.25) is 5.91 Å². The minimum absolute atomic E-state index is 0.161. The molecule has 1 heterocycles. The number of anilines is 1. The van der Waals surface area contributed by atoms with E-state index in [-0.39, 0.29) is 41.9 Å². The molecule has 0 fully saturated rings. The summed E-state index contributed by atoms with van der Waals surface area (Å²) in [6.07, 6.45) is -5.18. The third kappa shape index (κ3) is 8.67. The van der Waals surface area contributed by atoms with Gasteiger partial charge < -0.3 is 20.1 Å². The van der Waals surface area contributed by atoms with Crippen LogP contribution in [0.2, 0.25) is 0 Å². The second kappa shape index (κ2) is 15.4. The highest BCUT2D eigenvalue weighted by molar-refractivity contribution is 6.02. The number of nitrogens with zero attached hydrogens (tertiary/aromatic N) is 2. The van der Waals surface area contributed by atoms with Gasteiger partial charge in [0.15, 0.2) is 17.4 Å². The Morgan fingerprint density at radius 2 is 1.64 bits per heavy atom. The van der Waals surface area contributed by atoms with E-state index in [1.807, 2.05) is 43.1 Å². The van der Waals surface area contributed by atoms with Crippen LogP contribution in [-0.4, -0.2) is 65.6 Å². The van der Waals surface area contributed by atoms with Crippen molar-refractivity contribution in [2.45, 2.75) is 45.1 Å². The molecule has 50 heavy (non-hydrogen) atoms. The van der Waals surface area contributed by atoms with E-state index in [0.29, 0.717) is 30.8 Å². The van der Waals surface area contributed by atoms with Gasteiger partial charge in [-0.1, -0.05) is 55.5 Å². The fraction of sp³-hybridized carbons (Fsp3) is 0.316. The summed E-state index contributed by atoms with van der Waals surface area (Å²) in [5.41, 5.74) is 2.24. The molecule has 0 aromatic heterocycles. The van der Waals surface area contributed by atoms with Crippen molar-refractivity contribution in [3.05, 3.63) is 119 Å². The first kappa shape index (κ1) is 36.5. The molecule has 5 rings (SSSR count). The highest BCUT2D eigenvalue weighted by Gasteiger charge is 2.35. The Bertz CT molecular complexity index is 1820. The Kier molecular flexibility index (Phi) is 11.2. The van der Waals surface area contributed by atoms with Crippen molar-refractivity contribution in [1.82, 2.24) is 9.80 Å². The average Bonchev–Trinajstić information content (AvgIpc) is 3.07. The molecular formula is C38H38F5N3O4. The molecule has 264 valence electrons. The van der Waals surface area contributed by atoms with E-state index in [2.05, 4.69) is 5.32 Å². The number of hydrogen-bond acceptors (Lipinski definition) is 5. The maximum Gasteiger partial charge on any atom is 0.416 e. The Hall–Kier alpha value is -4.81. The lowest BCUT2D eigenvalue weighted by Crippen LogP contribution is -2.49. The van der Waals surface area contributed by atoms with Crippen LogP contribution >= 0.6 is 0 Å². The average molecular weight is 696 g/mol. The first-order valence-corrected chi connectivity index (χ1v) is 16.1. The van der Waals surface area contributed by atoms with E-state index in [4.69, 9.17) is 4.74 Å². The van der Waals surface area contributed by atoms with E-state index >= 15 is 0 Å². The summed E-state index contributed by atoms with van der Waals surface area (Å²) in [6.45, 7) is 4.65. The molecule has 0 radical (unpaired) electrons. The number of hydrogen-bond donors (Lipinski definition) is 2. The molecule has 3 atom stereocenters. The minimum atomic E-state index is -4.49. The normalized spacial score (nSPS) is 17.1. The number of para-hydroxylation sites is 1. The molecule has 0 saturated carbocycles. The lowest BCUT2D eigenvalue weighted by atomic mass is 9.98. The molecule has 0 spiro atoms. The van der Waals surface area contributed by atoms with E-state index in [9.17, 15) is 36.6 Å². The summed E-state index contributed by atoms with van der Waals surface area (Å²) >= 11 is 0. The van der Waals surface area contributed by atoms with E-state index < -0.39 is 41.4 Å². The van der Waals surface area contributed by atoms with Gasteiger partial charge in [0.25, 0.3) is 5.91 Å². The van der Waals surface area contributed by atoms with Crippen molar-refractivity contribution in [3.63, 3.8) is 0 Å². The van der Waals surface area contributed by atoms with Gasteiger partial charge in [0, 0.05) is 25.6 Å². The Balaban J connectivity index is 1.35. The highest BCUT2D eigenvalue weighted by atomic mass is 19.4. The van der Waals surface area contributed by atoms with E-state index in [1.54, 1.807) is 30.0 Å². The maximum atomic E-state index is 13.8. The van der Waals surface area contributed by atoms with Crippen molar-refractivity contribution < 1.29 is 41.4 Å². The molecule has 12 heteroatoms. The monoisotopic (exact) mass is 695 g/mol. The van der Waals surface area contributed by atoms with Gasteiger partial charge in [-0.05, 0) is 72.6 Å². The maximum absolute atomic E-state index is 13.8. The minimum Gasteiger partial charge on any atom is -0.486 e. The number of benzene rings is 4. The lowest BCUT2D eigenvalue weighted by Gasteiger charge is -2.38. The molecule has 7 nitrogen and oxygen atoms in total. The number of likely N-dealkylation sites (N-methyl/N-ethyl adjacent to an activating group) is 1. The molecule has 0 saturated heterocycles. The predicted molar refractivity (Wildman–Crippen MR) is 180 cm³/mol. The van der Waals surface area contributed by atoms with Crippen LogP contribution in [0.15, 0.2) is 84.9 Å². The molecule has 0 bridgehead atoms. The number of aliphatic hydroxyl groups is 1. The zero-order valence-corrected chi connectivity index (χ0v) is 27.8. The standard InChI is InChI=1S/C38H38F5N3O4/c1-23-19-46(24(2)22-47)37(49)30-5-4-6-33(44-35(48)17-25-9-14-29(15-10-25)38(41,42)43)36(30)50-34(23)21-45(3)20-26-7-11-27(12-8-26)28-13-16-31(39)32(40)18-28/h4-16,18,23-24,34,47H,17,19-22H2,1-3H3,(H,44,48)/t23-,24+,34-/m1/s1. The molecule has 2 amide bonds. The molecule has 4 aromatic rings. The number of amides is 2. The molecule has 1 aliphatic heterocycles. The van der Waals surface area contributed by atoms with Gasteiger partial charge in [0.05, 0.1) is 35.9 Å².